The zero-order valence-electron chi connectivity index (χ0n) is 29.5. The van der Waals surface area contributed by atoms with Crippen molar-refractivity contribution in [2.75, 3.05) is 13.2 Å². The van der Waals surface area contributed by atoms with Crippen molar-refractivity contribution < 1.29 is 23.8 Å². The van der Waals surface area contributed by atoms with Gasteiger partial charge in [-0.1, -0.05) is 175 Å². The van der Waals surface area contributed by atoms with Crippen molar-refractivity contribution in [3.8, 4) is 0 Å². The van der Waals surface area contributed by atoms with E-state index in [1.165, 1.54) is 89.9 Å². The predicted octanol–water partition coefficient (Wildman–Crippen LogP) is 12.4. The number of aliphatic carboxylic acids is 1. The van der Waals surface area contributed by atoms with Gasteiger partial charge >= 0.3 is 12.1 Å². The van der Waals surface area contributed by atoms with E-state index in [1.807, 2.05) is 0 Å². The largest absolute Gasteiger partial charge is 0.481 e. The molecule has 262 valence electrons. The number of halogens is 1. The molecule has 0 aliphatic rings. The molecule has 0 spiro atoms. The van der Waals surface area contributed by atoms with E-state index in [1.54, 1.807) is 6.92 Å². The molecule has 6 heteroatoms. The molecule has 3 unspecified atom stereocenters. The molecule has 3 atom stereocenters. The van der Waals surface area contributed by atoms with Crippen LogP contribution in [0, 0.1) is 11.8 Å². The Morgan fingerprint density at radius 1 is 0.591 bits per heavy atom. The third-order valence-corrected chi connectivity index (χ3v) is 9.30. The van der Waals surface area contributed by atoms with Gasteiger partial charge in [0.05, 0.1) is 12.5 Å². The fourth-order valence-corrected chi connectivity index (χ4v) is 6.15. The summed E-state index contributed by atoms with van der Waals surface area (Å²) in [5, 5.41) is 12.5. The Labute approximate surface area is 272 Å². The van der Waals surface area contributed by atoms with Crippen LogP contribution in [0.2, 0.25) is 0 Å². The number of nitrogens with one attached hydrogen (secondary N) is 1. The molecule has 0 heterocycles. The van der Waals surface area contributed by atoms with Crippen molar-refractivity contribution in [2.45, 2.75) is 207 Å². The number of unbranched alkanes of at least 4 members (excludes halogenated alkanes) is 23. The molecule has 1 amide bonds. The number of hydrogen-bond donors (Lipinski definition) is 2. The highest BCUT2D eigenvalue weighted by Crippen LogP contribution is 2.27. The average molecular weight is 628 g/mol. The molecule has 0 bridgehead atoms. The van der Waals surface area contributed by atoms with Crippen LogP contribution < -0.4 is 5.32 Å². The van der Waals surface area contributed by atoms with Gasteiger partial charge < -0.3 is 15.2 Å². The van der Waals surface area contributed by atoms with E-state index in [0.717, 1.165) is 77.0 Å². The fourth-order valence-electron chi connectivity index (χ4n) is 6.15. The average Bonchev–Trinajstić information content (AvgIpc) is 3.01. The highest BCUT2D eigenvalue weighted by Gasteiger charge is 2.30. The first-order valence-corrected chi connectivity index (χ1v) is 19.2. The number of hydrogen-bond acceptors (Lipinski definition) is 3. The van der Waals surface area contributed by atoms with E-state index in [9.17, 15) is 19.1 Å². The highest BCUT2D eigenvalue weighted by atomic mass is 19.1. The molecule has 0 saturated heterocycles. The van der Waals surface area contributed by atoms with Crippen LogP contribution in [0.1, 0.15) is 201 Å². The molecule has 5 nitrogen and oxygen atoms in total. The molecule has 0 aromatic heterocycles. The molecule has 0 aromatic rings. The third-order valence-electron chi connectivity index (χ3n) is 9.30. The Balaban J connectivity index is 3.54. The van der Waals surface area contributed by atoms with Crippen LogP contribution in [0.25, 0.3) is 0 Å². The lowest BCUT2D eigenvalue weighted by molar-refractivity contribution is -0.144. The van der Waals surface area contributed by atoms with Gasteiger partial charge in [-0.15, -0.1) is 0 Å². The predicted molar refractivity (Wildman–Crippen MR) is 185 cm³/mol. The summed E-state index contributed by atoms with van der Waals surface area (Å²) < 4.78 is 19.9. The number of alkyl carbamates (subject to hydrolysis) is 1. The number of carbonyl (C=O) groups is 2. The van der Waals surface area contributed by atoms with Crippen LogP contribution in [0.5, 0.6) is 0 Å². The van der Waals surface area contributed by atoms with E-state index in [2.05, 4.69) is 19.2 Å². The van der Waals surface area contributed by atoms with Gasteiger partial charge in [0.25, 0.3) is 0 Å². The number of ether oxygens (including phenoxy) is 1. The normalized spacial score (nSPS) is 13.5. The minimum atomic E-state index is -1.02. The molecular formula is C38H74FNO4. The summed E-state index contributed by atoms with van der Waals surface area (Å²) in [6, 6.07) is 0. The quantitative estimate of drug-likeness (QED) is 0.0696. The maximum atomic E-state index is 14.6. The third kappa shape index (κ3) is 28.2. The molecule has 0 saturated carbocycles. The van der Waals surface area contributed by atoms with Crippen LogP contribution >= 0.6 is 0 Å². The molecule has 0 aliphatic carbocycles. The second-order valence-corrected chi connectivity index (χ2v) is 13.4. The first-order chi connectivity index (χ1) is 21.4. The molecule has 0 radical (unpaired) electrons. The van der Waals surface area contributed by atoms with Crippen molar-refractivity contribution >= 4 is 12.1 Å². The zero-order chi connectivity index (χ0) is 32.5. The number of carboxylic acids is 1. The highest BCUT2D eigenvalue weighted by molar-refractivity contribution is 5.70. The van der Waals surface area contributed by atoms with Gasteiger partial charge in [-0.3, -0.25) is 4.79 Å². The van der Waals surface area contributed by atoms with Gasteiger partial charge in [0.1, 0.15) is 6.17 Å². The minimum absolute atomic E-state index is 0.297. The SMILES string of the molecule is CCCCCCCCCCCCCCCCOC(=O)NCCCCCCCCCC(C(=O)O)C(C)C(F)CCCCCCC. The summed E-state index contributed by atoms with van der Waals surface area (Å²) in [6.07, 6.45) is 30.7. The maximum Gasteiger partial charge on any atom is 0.407 e. The minimum Gasteiger partial charge on any atom is -0.481 e. The molecule has 44 heavy (non-hydrogen) atoms. The molecule has 0 aromatic carbocycles. The van der Waals surface area contributed by atoms with E-state index in [4.69, 9.17) is 4.74 Å². The van der Waals surface area contributed by atoms with E-state index >= 15 is 0 Å². The number of rotatable bonds is 34. The van der Waals surface area contributed by atoms with Gasteiger partial charge in [0.2, 0.25) is 0 Å². The lowest BCUT2D eigenvalue weighted by atomic mass is 9.84. The molecule has 2 N–H and O–H groups in total. The Bertz CT molecular complexity index is 632. The standard InChI is InChI=1S/C38H74FNO4/c1-4-6-8-10-11-12-13-14-15-16-17-21-25-29-33-44-38(43)40-32-28-24-20-18-19-23-26-30-35(37(41)42)34(3)36(39)31-27-22-9-7-5-2/h34-36H,4-33H2,1-3H3,(H,40,43)(H,41,42). The van der Waals surface area contributed by atoms with Gasteiger partial charge in [-0.05, 0) is 25.7 Å². The lowest BCUT2D eigenvalue weighted by Gasteiger charge is -2.23. The van der Waals surface area contributed by atoms with Crippen LogP contribution in [0.15, 0.2) is 0 Å². The van der Waals surface area contributed by atoms with Gasteiger partial charge in [0, 0.05) is 12.5 Å². The summed E-state index contributed by atoms with van der Waals surface area (Å²) in [5.41, 5.74) is 0. The zero-order valence-corrected chi connectivity index (χ0v) is 29.5. The Morgan fingerprint density at radius 2 is 0.977 bits per heavy atom. The second kappa shape index (κ2) is 33.0. The summed E-state index contributed by atoms with van der Waals surface area (Å²) in [4.78, 5) is 23.6. The molecule has 0 rings (SSSR count). The Hall–Kier alpha value is -1.33. The number of amides is 1. The van der Waals surface area contributed by atoms with Gasteiger partial charge in [0.15, 0.2) is 0 Å². The number of alkyl halides is 1. The van der Waals surface area contributed by atoms with E-state index in [-0.39, 0.29) is 6.09 Å². The van der Waals surface area contributed by atoms with Crippen LogP contribution in [-0.4, -0.2) is 36.5 Å². The maximum absolute atomic E-state index is 14.6. The van der Waals surface area contributed by atoms with Gasteiger partial charge in [-0.25, -0.2) is 9.18 Å². The van der Waals surface area contributed by atoms with E-state index < -0.39 is 24.0 Å². The molecular weight excluding hydrogens is 553 g/mol. The smallest absolute Gasteiger partial charge is 0.407 e. The van der Waals surface area contributed by atoms with Crippen molar-refractivity contribution in [2.24, 2.45) is 11.8 Å². The summed E-state index contributed by atoms with van der Waals surface area (Å²) in [6.45, 7) is 7.37. The monoisotopic (exact) mass is 628 g/mol. The van der Waals surface area contributed by atoms with Crippen molar-refractivity contribution in [3.63, 3.8) is 0 Å². The van der Waals surface area contributed by atoms with Gasteiger partial charge in [-0.2, -0.15) is 0 Å². The first kappa shape index (κ1) is 42.7. The summed E-state index contributed by atoms with van der Waals surface area (Å²) in [7, 11) is 0. The van der Waals surface area contributed by atoms with E-state index in [0.29, 0.717) is 26.0 Å². The summed E-state index contributed by atoms with van der Waals surface area (Å²) >= 11 is 0. The Kier molecular flexibility index (Phi) is 32.0. The Morgan fingerprint density at radius 3 is 1.43 bits per heavy atom. The summed E-state index contributed by atoms with van der Waals surface area (Å²) in [5.74, 6) is -1.85. The fraction of sp³-hybridized carbons (Fsp3) is 0.947. The number of carboxylic acid groups (broad SMARTS) is 1. The van der Waals surface area contributed by atoms with Crippen LogP contribution in [0.3, 0.4) is 0 Å². The van der Waals surface area contributed by atoms with Crippen molar-refractivity contribution in [1.82, 2.24) is 5.32 Å². The molecule has 0 fully saturated rings. The number of carbonyl (C=O) groups excluding carboxylic acids is 1. The lowest BCUT2D eigenvalue weighted by Crippen LogP contribution is -2.28. The topological polar surface area (TPSA) is 75.6 Å². The van der Waals surface area contributed by atoms with Crippen molar-refractivity contribution in [3.05, 3.63) is 0 Å². The first-order valence-electron chi connectivity index (χ1n) is 19.2. The second-order valence-electron chi connectivity index (χ2n) is 13.4. The van der Waals surface area contributed by atoms with Crippen molar-refractivity contribution in [1.29, 1.82) is 0 Å². The molecule has 0 aliphatic heterocycles. The van der Waals surface area contributed by atoms with Crippen LogP contribution in [0.4, 0.5) is 9.18 Å². The van der Waals surface area contributed by atoms with Crippen LogP contribution in [-0.2, 0) is 9.53 Å².